The summed E-state index contributed by atoms with van der Waals surface area (Å²) in [6, 6.07) is 24.9. The van der Waals surface area contributed by atoms with Crippen molar-refractivity contribution < 1.29 is 17.9 Å². The molecule has 0 bridgehead atoms. The molecule has 4 rings (SSSR count). The van der Waals surface area contributed by atoms with Gasteiger partial charge in [-0.2, -0.15) is 0 Å². The summed E-state index contributed by atoms with van der Waals surface area (Å²) in [5.74, 6) is 0. The van der Waals surface area contributed by atoms with Gasteiger partial charge in [0.15, 0.2) is 0 Å². The molecule has 1 amide bonds. The number of amides is 1. The van der Waals surface area contributed by atoms with Crippen LogP contribution in [0, 0.1) is 6.92 Å². The van der Waals surface area contributed by atoms with Gasteiger partial charge in [-0.25, -0.2) is 18.2 Å². The molecule has 1 heterocycles. The Labute approximate surface area is 188 Å². The molecule has 1 aliphatic rings. The van der Waals surface area contributed by atoms with Crippen LogP contribution in [0.15, 0.2) is 95.9 Å². The predicted octanol–water partition coefficient (Wildman–Crippen LogP) is 4.64. The largest absolute Gasteiger partial charge is 0.444 e. The topological polar surface area (TPSA) is 66.9 Å². The van der Waals surface area contributed by atoms with E-state index in [2.05, 4.69) is 0 Å². The fourth-order valence-electron chi connectivity index (χ4n) is 3.41. The van der Waals surface area contributed by atoms with Gasteiger partial charge >= 0.3 is 6.09 Å². The van der Waals surface area contributed by atoms with Crippen molar-refractivity contribution in [2.24, 2.45) is 0 Å². The predicted molar refractivity (Wildman–Crippen MR) is 123 cm³/mol. The lowest BCUT2D eigenvalue weighted by atomic mass is 10.1. The van der Waals surface area contributed by atoms with Crippen LogP contribution in [0.5, 0.6) is 0 Å². The van der Waals surface area contributed by atoms with Gasteiger partial charge < -0.3 is 4.74 Å². The number of rotatable bonds is 6. The Hall–Kier alpha value is -3.42. The van der Waals surface area contributed by atoms with Gasteiger partial charge in [-0.3, -0.25) is 0 Å². The van der Waals surface area contributed by atoms with Crippen LogP contribution >= 0.6 is 0 Å². The maximum Gasteiger partial charge on any atom is 0.425 e. The third kappa shape index (κ3) is 4.74. The molecule has 0 N–H and O–H groups in total. The van der Waals surface area contributed by atoms with E-state index in [1.165, 1.54) is 0 Å². The summed E-state index contributed by atoms with van der Waals surface area (Å²) in [5, 5.41) is 1.14. The van der Waals surface area contributed by atoms with Crippen LogP contribution in [-0.2, 0) is 21.4 Å². The van der Waals surface area contributed by atoms with Gasteiger partial charge in [0.1, 0.15) is 6.61 Å². The van der Waals surface area contributed by atoms with Gasteiger partial charge in [-0.15, -0.1) is 0 Å². The average molecular weight is 449 g/mol. The Kier molecular flexibility index (Phi) is 6.39. The van der Waals surface area contributed by atoms with Gasteiger partial charge in [0.2, 0.25) is 0 Å². The van der Waals surface area contributed by atoms with Crippen molar-refractivity contribution in [3.63, 3.8) is 0 Å². The number of sulfonamides is 1. The molecule has 1 saturated heterocycles. The molecule has 1 fully saturated rings. The highest BCUT2D eigenvalue weighted by molar-refractivity contribution is 7.89. The van der Waals surface area contributed by atoms with E-state index in [0.717, 1.165) is 26.1 Å². The first-order valence-electron chi connectivity index (χ1n) is 10.3. The molecule has 6 nitrogen and oxygen atoms in total. The standard InChI is InChI=1S/C25H24N2O4S/c1-20-12-16-24(17-13-20)32(29,30)27-23(15-14-21-8-4-2-5-9-21)18-26(27)25(28)31-19-22-10-6-3-7-11-22/h2-17,23H,18-19H2,1H3/b15-14+/t23-/m1/s1. The highest BCUT2D eigenvalue weighted by atomic mass is 32.2. The zero-order chi connectivity index (χ0) is 22.6. The number of carbonyl (C=O) groups excluding carboxylic acids is 1. The monoisotopic (exact) mass is 448 g/mol. The number of aryl methyl sites for hydroxylation is 1. The van der Waals surface area contributed by atoms with E-state index in [0.29, 0.717) is 0 Å². The van der Waals surface area contributed by atoms with Crippen molar-refractivity contribution in [3.05, 3.63) is 108 Å². The van der Waals surface area contributed by atoms with E-state index in [4.69, 9.17) is 4.74 Å². The number of hydrogen-bond donors (Lipinski definition) is 0. The fraction of sp³-hybridized carbons (Fsp3) is 0.160. The van der Waals surface area contributed by atoms with E-state index in [-0.39, 0.29) is 18.0 Å². The lowest BCUT2D eigenvalue weighted by Gasteiger charge is -2.47. The van der Waals surface area contributed by atoms with Crippen molar-refractivity contribution in [1.82, 2.24) is 9.42 Å². The van der Waals surface area contributed by atoms with Crippen LogP contribution in [0.25, 0.3) is 6.08 Å². The molecule has 0 aromatic heterocycles. The Balaban J connectivity index is 1.56. The first-order valence-corrected chi connectivity index (χ1v) is 11.7. The number of benzene rings is 3. The maximum atomic E-state index is 13.4. The van der Waals surface area contributed by atoms with Crippen LogP contribution < -0.4 is 0 Å². The van der Waals surface area contributed by atoms with Crippen molar-refractivity contribution in [3.8, 4) is 0 Å². The molecule has 164 valence electrons. The van der Waals surface area contributed by atoms with Crippen LogP contribution in [0.4, 0.5) is 4.79 Å². The third-order valence-corrected chi connectivity index (χ3v) is 7.00. The van der Waals surface area contributed by atoms with E-state index in [1.807, 2.05) is 73.7 Å². The number of ether oxygens (including phenoxy) is 1. The molecule has 32 heavy (non-hydrogen) atoms. The van der Waals surface area contributed by atoms with Crippen molar-refractivity contribution in [2.75, 3.05) is 6.54 Å². The molecular formula is C25H24N2O4S. The summed E-state index contributed by atoms with van der Waals surface area (Å²) in [5.41, 5.74) is 2.73. The van der Waals surface area contributed by atoms with Crippen LogP contribution in [0.1, 0.15) is 16.7 Å². The van der Waals surface area contributed by atoms with Crippen molar-refractivity contribution in [2.45, 2.75) is 24.5 Å². The summed E-state index contributed by atoms with van der Waals surface area (Å²) < 4.78 is 33.2. The van der Waals surface area contributed by atoms with Gasteiger partial charge in [0, 0.05) is 0 Å². The zero-order valence-electron chi connectivity index (χ0n) is 17.7. The molecule has 1 atom stereocenters. The smallest absolute Gasteiger partial charge is 0.425 e. The second kappa shape index (κ2) is 9.38. The molecule has 1 aliphatic heterocycles. The summed E-state index contributed by atoms with van der Waals surface area (Å²) in [6.07, 6.45) is 2.95. The second-order valence-corrected chi connectivity index (χ2v) is 9.35. The molecule has 0 unspecified atom stereocenters. The third-order valence-electron chi connectivity index (χ3n) is 5.17. The average Bonchev–Trinajstić information content (AvgIpc) is 2.78. The van der Waals surface area contributed by atoms with Crippen LogP contribution in [0.3, 0.4) is 0 Å². The van der Waals surface area contributed by atoms with E-state index in [9.17, 15) is 13.2 Å². The quantitative estimate of drug-likeness (QED) is 0.551. The molecule has 3 aromatic rings. The first-order chi connectivity index (χ1) is 15.4. The number of hydrogen-bond acceptors (Lipinski definition) is 4. The SMILES string of the molecule is Cc1ccc(S(=O)(=O)N2[C@H](/C=C/c3ccccc3)CN2C(=O)OCc2ccccc2)cc1. The normalized spacial score (nSPS) is 16.7. The van der Waals surface area contributed by atoms with Crippen molar-refractivity contribution >= 4 is 22.2 Å². The number of carbonyl (C=O) groups is 1. The molecular weight excluding hydrogens is 424 g/mol. The minimum absolute atomic E-state index is 0.0686. The summed E-state index contributed by atoms with van der Waals surface area (Å²) in [7, 11) is -3.94. The minimum atomic E-state index is -3.94. The van der Waals surface area contributed by atoms with E-state index in [1.54, 1.807) is 30.3 Å². The molecule has 0 spiro atoms. The van der Waals surface area contributed by atoms with Crippen LogP contribution in [-0.4, -0.2) is 36.5 Å². The number of hydrazine groups is 1. The Morgan fingerprint density at radius 2 is 1.59 bits per heavy atom. The van der Waals surface area contributed by atoms with E-state index < -0.39 is 22.2 Å². The molecule has 0 saturated carbocycles. The second-order valence-electron chi connectivity index (χ2n) is 7.55. The van der Waals surface area contributed by atoms with Gasteiger partial charge in [-0.05, 0) is 30.2 Å². The number of nitrogens with zero attached hydrogens (tertiary/aromatic N) is 2. The van der Waals surface area contributed by atoms with Crippen molar-refractivity contribution in [1.29, 1.82) is 0 Å². The molecule has 7 heteroatoms. The first kappa shape index (κ1) is 21.8. The van der Waals surface area contributed by atoms with E-state index >= 15 is 0 Å². The highest BCUT2D eigenvalue weighted by Crippen LogP contribution is 2.30. The zero-order valence-corrected chi connectivity index (χ0v) is 18.5. The lowest BCUT2D eigenvalue weighted by molar-refractivity contribution is -0.0562. The minimum Gasteiger partial charge on any atom is -0.444 e. The summed E-state index contributed by atoms with van der Waals surface area (Å²) in [6.45, 7) is 2.17. The summed E-state index contributed by atoms with van der Waals surface area (Å²) >= 11 is 0. The Morgan fingerprint density at radius 1 is 0.969 bits per heavy atom. The van der Waals surface area contributed by atoms with Gasteiger partial charge in [0.05, 0.1) is 17.5 Å². The summed E-state index contributed by atoms with van der Waals surface area (Å²) in [4.78, 5) is 12.9. The lowest BCUT2D eigenvalue weighted by Crippen LogP contribution is -2.67. The maximum absolute atomic E-state index is 13.4. The highest BCUT2D eigenvalue weighted by Gasteiger charge is 2.47. The molecule has 3 aromatic carbocycles. The Bertz CT molecular complexity index is 1190. The molecule has 0 aliphatic carbocycles. The van der Waals surface area contributed by atoms with Gasteiger partial charge in [-0.1, -0.05) is 94.9 Å². The van der Waals surface area contributed by atoms with Gasteiger partial charge in [0.25, 0.3) is 10.0 Å². The fourth-order valence-corrected chi connectivity index (χ4v) is 4.99. The molecule has 0 radical (unpaired) electrons. The Morgan fingerprint density at radius 3 is 2.25 bits per heavy atom. The van der Waals surface area contributed by atoms with Crippen LogP contribution in [0.2, 0.25) is 0 Å².